The lowest BCUT2D eigenvalue weighted by Crippen LogP contribution is -2.16. The smallest absolute Gasteiger partial charge is 0.267 e. The number of thiophene rings is 1. The van der Waals surface area contributed by atoms with Crippen molar-refractivity contribution < 1.29 is 4.79 Å². The minimum atomic E-state index is -0.171. The molecule has 1 aromatic carbocycles. The molecule has 0 aliphatic rings. The van der Waals surface area contributed by atoms with Crippen molar-refractivity contribution in [1.82, 2.24) is 15.1 Å². The fourth-order valence-corrected chi connectivity index (χ4v) is 3.27. The van der Waals surface area contributed by atoms with Crippen molar-refractivity contribution in [1.29, 1.82) is 5.26 Å². The number of rotatable bonds is 5. The first-order valence-corrected chi connectivity index (χ1v) is 8.53. The molecular formula is C18H17N5OS. The Labute approximate surface area is 149 Å². The summed E-state index contributed by atoms with van der Waals surface area (Å²) >= 11 is 1.41. The predicted molar refractivity (Wildman–Crippen MR) is 98.4 cm³/mol. The molecule has 2 N–H and O–H groups in total. The van der Waals surface area contributed by atoms with Crippen molar-refractivity contribution in [3.63, 3.8) is 0 Å². The third kappa shape index (κ3) is 3.94. The molecule has 126 valence electrons. The number of carbonyl (C=O) groups is 1. The van der Waals surface area contributed by atoms with Crippen molar-refractivity contribution in [2.45, 2.75) is 6.54 Å². The number of nitrogens with zero attached hydrogens (tertiary/aromatic N) is 3. The summed E-state index contributed by atoms with van der Waals surface area (Å²) in [6.07, 6.45) is 0. The van der Waals surface area contributed by atoms with E-state index in [1.54, 1.807) is 18.2 Å². The molecular weight excluding hydrogens is 334 g/mol. The number of nitriles is 1. The van der Waals surface area contributed by atoms with E-state index in [9.17, 15) is 4.79 Å². The molecule has 1 amide bonds. The van der Waals surface area contributed by atoms with Crippen molar-refractivity contribution >= 4 is 23.1 Å². The van der Waals surface area contributed by atoms with Gasteiger partial charge in [0.05, 0.1) is 22.2 Å². The van der Waals surface area contributed by atoms with Crippen molar-refractivity contribution in [2.75, 3.05) is 19.4 Å². The molecule has 25 heavy (non-hydrogen) atoms. The number of anilines is 1. The number of hydrogen-bond donors (Lipinski definition) is 2. The number of amides is 1. The van der Waals surface area contributed by atoms with Gasteiger partial charge in [-0.2, -0.15) is 10.4 Å². The minimum absolute atomic E-state index is 0.171. The van der Waals surface area contributed by atoms with Crippen LogP contribution in [0.5, 0.6) is 0 Å². The van der Waals surface area contributed by atoms with E-state index in [0.29, 0.717) is 22.8 Å². The van der Waals surface area contributed by atoms with E-state index in [1.807, 2.05) is 42.6 Å². The van der Waals surface area contributed by atoms with Crippen LogP contribution in [0.25, 0.3) is 11.3 Å². The van der Waals surface area contributed by atoms with Crippen LogP contribution in [-0.4, -0.2) is 35.1 Å². The van der Waals surface area contributed by atoms with Gasteiger partial charge in [-0.1, -0.05) is 12.1 Å². The number of aromatic nitrogens is 2. The minimum Gasteiger partial charge on any atom is -0.305 e. The zero-order valence-electron chi connectivity index (χ0n) is 13.9. The summed E-state index contributed by atoms with van der Waals surface area (Å²) in [6.45, 7) is 0.707. The van der Waals surface area contributed by atoms with E-state index in [-0.39, 0.29) is 5.91 Å². The van der Waals surface area contributed by atoms with Crippen molar-refractivity contribution in [3.8, 4) is 17.3 Å². The van der Waals surface area contributed by atoms with Gasteiger partial charge in [-0.05, 0) is 43.2 Å². The Morgan fingerprint density at radius 1 is 1.36 bits per heavy atom. The molecule has 7 heteroatoms. The Morgan fingerprint density at radius 2 is 2.20 bits per heavy atom. The number of benzene rings is 1. The molecule has 0 unspecified atom stereocenters. The molecule has 3 rings (SSSR count). The molecule has 0 spiro atoms. The number of H-pyrrole nitrogens is 1. The first-order chi connectivity index (χ1) is 12.1. The quantitative estimate of drug-likeness (QED) is 0.738. The van der Waals surface area contributed by atoms with Crippen LogP contribution in [0.2, 0.25) is 0 Å². The lowest BCUT2D eigenvalue weighted by molar-refractivity contribution is 0.102. The van der Waals surface area contributed by atoms with Gasteiger partial charge in [-0.3, -0.25) is 9.89 Å². The highest BCUT2D eigenvalue weighted by Gasteiger charge is 2.15. The van der Waals surface area contributed by atoms with Gasteiger partial charge in [0, 0.05) is 18.2 Å². The average molecular weight is 351 g/mol. The highest BCUT2D eigenvalue weighted by Crippen LogP contribution is 2.23. The molecule has 0 saturated heterocycles. The van der Waals surface area contributed by atoms with E-state index in [1.165, 1.54) is 11.3 Å². The molecule has 2 heterocycles. The molecule has 0 bridgehead atoms. The molecule has 6 nitrogen and oxygen atoms in total. The van der Waals surface area contributed by atoms with Gasteiger partial charge in [-0.15, -0.1) is 11.3 Å². The Bertz CT molecular complexity index is 935. The van der Waals surface area contributed by atoms with Gasteiger partial charge >= 0.3 is 0 Å². The number of nitrogens with one attached hydrogen (secondary N) is 2. The monoisotopic (exact) mass is 351 g/mol. The van der Waals surface area contributed by atoms with Crippen LogP contribution >= 0.6 is 11.3 Å². The first kappa shape index (κ1) is 16.9. The zero-order valence-corrected chi connectivity index (χ0v) is 14.7. The van der Waals surface area contributed by atoms with Gasteiger partial charge in [-0.25, -0.2) is 0 Å². The summed E-state index contributed by atoms with van der Waals surface area (Å²) in [5.74, 6) is 0.280. The van der Waals surface area contributed by atoms with E-state index in [2.05, 4.69) is 21.6 Å². The number of aromatic amines is 1. The van der Waals surface area contributed by atoms with Gasteiger partial charge in [0.1, 0.15) is 0 Å². The predicted octanol–water partition coefficient (Wildman–Crippen LogP) is 3.32. The van der Waals surface area contributed by atoms with Gasteiger partial charge in [0.15, 0.2) is 5.82 Å². The second kappa shape index (κ2) is 7.30. The Balaban J connectivity index is 1.76. The molecule has 0 aliphatic carbocycles. The SMILES string of the molecule is CN(C)Cc1ccsc1C(=O)Nc1cc(-c2cccc(C#N)c2)[nH]n1. The van der Waals surface area contributed by atoms with E-state index < -0.39 is 0 Å². The van der Waals surface area contributed by atoms with Gasteiger partial charge in [0.25, 0.3) is 5.91 Å². The summed E-state index contributed by atoms with van der Waals surface area (Å²) in [5.41, 5.74) is 3.15. The van der Waals surface area contributed by atoms with E-state index in [0.717, 1.165) is 16.8 Å². The Kier molecular flexibility index (Phi) is 4.93. The molecule has 0 saturated carbocycles. The maximum Gasteiger partial charge on any atom is 0.267 e. The van der Waals surface area contributed by atoms with E-state index >= 15 is 0 Å². The standard InChI is InChI=1S/C18H17N5OS/c1-23(2)11-14-6-7-25-17(14)18(24)20-16-9-15(21-22-16)13-5-3-4-12(8-13)10-19/h3-9H,11H2,1-2H3,(H2,20,21,22,24). The topological polar surface area (TPSA) is 84.8 Å². The zero-order chi connectivity index (χ0) is 17.8. The van der Waals surface area contributed by atoms with Crippen molar-refractivity contribution in [2.24, 2.45) is 0 Å². The largest absolute Gasteiger partial charge is 0.305 e. The van der Waals surface area contributed by atoms with Crippen LogP contribution in [0.1, 0.15) is 20.8 Å². The lowest BCUT2D eigenvalue weighted by atomic mass is 10.1. The van der Waals surface area contributed by atoms with Gasteiger partial charge < -0.3 is 10.2 Å². The highest BCUT2D eigenvalue weighted by atomic mass is 32.1. The Morgan fingerprint density at radius 3 is 2.96 bits per heavy atom. The third-order valence-corrected chi connectivity index (χ3v) is 4.52. The van der Waals surface area contributed by atoms with Crippen molar-refractivity contribution in [3.05, 3.63) is 57.8 Å². The Hall–Kier alpha value is -2.95. The van der Waals surface area contributed by atoms with Crippen LogP contribution in [0.4, 0.5) is 5.82 Å². The van der Waals surface area contributed by atoms with E-state index in [4.69, 9.17) is 5.26 Å². The summed E-state index contributed by atoms with van der Waals surface area (Å²) < 4.78 is 0. The summed E-state index contributed by atoms with van der Waals surface area (Å²) in [5, 5.41) is 20.8. The third-order valence-electron chi connectivity index (χ3n) is 3.56. The highest BCUT2D eigenvalue weighted by molar-refractivity contribution is 7.12. The summed E-state index contributed by atoms with van der Waals surface area (Å²) in [4.78, 5) is 15.2. The fraction of sp³-hybridized carbons (Fsp3) is 0.167. The maximum absolute atomic E-state index is 12.5. The van der Waals surface area contributed by atoms with Crippen LogP contribution < -0.4 is 5.32 Å². The number of hydrogen-bond acceptors (Lipinski definition) is 5. The van der Waals surface area contributed by atoms with Crippen LogP contribution in [0, 0.1) is 11.3 Å². The summed E-state index contributed by atoms with van der Waals surface area (Å²) in [6, 6.07) is 13.0. The van der Waals surface area contributed by atoms with Crippen LogP contribution in [0.15, 0.2) is 41.8 Å². The molecule has 3 aromatic rings. The maximum atomic E-state index is 12.5. The van der Waals surface area contributed by atoms with Crippen LogP contribution in [-0.2, 0) is 6.54 Å². The van der Waals surface area contributed by atoms with Crippen LogP contribution in [0.3, 0.4) is 0 Å². The lowest BCUT2D eigenvalue weighted by Gasteiger charge is -2.09. The fourth-order valence-electron chi connectivity index (χ4n) is 2.46. The molecule has 0 aliphatic heterocycles. The average Bonchev–Trinajstić information content (AvgIpc) is 3.24. The molecule has 2 aromatic heterocycles. The normalized spacial score (nSPS) is 10.6. The second-order valence-electron chi connectivity index (χ2n) is 5.83. The second-order valence-corrected chi connectivity index (χ2v) is 6.74. The van der Waals surface area contributed by atoms with Gasteiger partial charge in [0.2, 0.25) is 0 Å². The summed E-state index contributed by atoms with van der Waals surface area (Å²) in [7, 11) is 3.93. The molecule has 0 radical (unpaired) electrons. The first-order valence-electron chi connectivity index (χ1n) is 7.65. The number of carbonyl (C=O) groups excluding carboxylic acids is 1. The molecule has 0 fully saturated rings. The molecule has 0 atom stereocenters.